The normalized spacial score (nSPS) is 13.7. The SMILES string of the molecule is NC(=O)c1ccnc(C(=O)N2CC=C(c3cccc4ccccc34)C2)c1. The maximum Gasteiger partial charge on any atom is 0.273 e. The predicted molar refractivity (Wildman–Crippen MR) is 101 cm³/mol. The summed E-state index contributed by atoms with van der Waals surface area (Å²) in [7, 11) is 0. The molecule has 2 aromatic carbocycles. The minimum absolute atomic E-state index is 0.209. The van der Waals surface area contributed by atoms with Crippen molar-refractivity contribution in [3.05, 3.63) is 83.7 Å². The van der Waals surface area contributed by atoms with Crippen LogP contribution < -0.4 is 5.73 Å². The molecule has 5 nitrogen and oxygen atoms in total. The Hall–Kier alpha value is -3.47. The lowest BCUT2D eigenvalue weighted by Crippen LogP contribution is -2.30. The highest BCUT2D eigenvalue weighted by atomic mass is 16.2. The molecule has 1 aliphatic rings. The molecule has 1 aliphatic heterocycles. The first kappa shape index (κ1) is 16.0. The summed E-state index contributed by atoms with van der Waals surface area (Å²) in [5.74, 6) is -0.781. The number of carbonyl (C=O) groups is 2. The fourth-order valence-corrected chi connectivity index (χ4v) is 3.27. The highest BCUT2D eigenvalue weighted by Crippen LogP contribution is 2.28. The van der Waals surface area contributed by atoms with Crippen LogP contribution in [0.25, 0.3) is 16.3 Å². The number of aromatic nitrogens is 1. The number of nitrogens with two attached hydrogens (primary N) is 1. The van der Waals surface area contributed by atoms with Gasteiger partial charge in [0.25, 0.3) is 5.91 Å². The summed E-state index contributed by atoms with van der Waals surface area (Å²) in [6.45, 7) is 1.02. The molecule has 0 aliphatic carbocycles. The molecule has 3 aromatic rings. The number of carbonyl (C=O) groups excluding carboxylic acids is 2. The van der Waals surface area contributed by atoms with Crippen molar-refractivity contribution in [3.8, 4) is 0 Å². The van der Waals surface area contributed by atoms with Crippen molar-refractivity contribution in [3.63, 3.8) is 0 Å². The average molecular weight is 343 g/mol. The topological polar surface area (TPSA) is 76.3 Å². The highest BCUT2D eigenvalue weighted by molar-refractivity contribution is 6.00. The number of hydrogen-bond donors (Lipinski definition) is 1. The molecule has 0 saturated heterocycles. The number of benzene rings is 2. The number of fused-ring (bicyclic) bond motifs is 1. The third kappa shape index (κ3) is 2.84. The Kier molecular flexibility index (Phi) is 3.97. The molecule has 0 fully saturated rings. The van der Waals surface area contributed by atoms with Crippen LogP contribution in [-0.2, 0) is 0 Å². The summed E-state index contributed by atoms with van der Waals surface area (Å²) < 4.78 is 0. The second-order valence-corrected chi connectivity index (χ2v) is 6.24. The van der Waals surface area contributed by atoms with Crippen LogP contribution in [0.2, 0.25) is 0 Å². The Balaban J connectivity index is 1.59. The van der Waals surface area contributed by atoms with Gasteiger partial charge in [-0.15, -0.1) is 0 Å². The molecule has 4 rings (SSSR count). The summed E-state index contributed by atoms with van der Waals surface area (Å²) in [5, 5.41) is 2.34. The quantitative estimate of drug-likeness (QED) is 0.794. The first-order valence-electron chi connectivity index (χ1n) is 8.36. The number of amides is 2. The molecule has 2 amide bonds. The van der Waals surface area contributed by atoms with Gasteiger partial charge in [0.15, 0.2) is 0 Å². The van der Waals surface area contributed by atoms with Crippen molar-refractivity contribution >= 4 is 28.2 Å². The molecule has 0 atom stereocenters. The summed E-state index contributed by atoms with van der Waals surface area (Å²) in [5.41, 5.74) is 8.05. The van der Waals surface area contributed by atoms with Gasteiger partial charge in [-0.05, 0) is 34.0 Å². The molecule has 0 bridgehead atoms. The molecule has 0 unspecified atom stereocenters. The van der Waals surface area contributed by atoms with E-state index in [0.29, 0.717) is 13.1 Å². The zero-order valence-corrected chi connectivity index (χ0v) is 14.1. The van der Waals surface area contributed by atoms with Gasteiger partial charge in [-0.2, -0.15) is 0 Å². The second kappa shape index (κ2) is 6.44. The minimum atomic E-state index is -0.572. The Morgan fingerprint density at radius 2 is 1.85 bits per heavy atom. The predicted octanol–water partition coefficient (Wildman–Crippen LogP) is 2.87. The first-order valence-corrected chi connectivity index (χ1v) is 8.36. The maximum absolute atomic E-state index is 12.7. The summed E-state index contributed by atoms with van der Waals surface area (Å²) in [6.07, 6.45) is 3.50. The van der Waals surface area contributed by atoms with E-state index in [1.807, 2.05) is 18.2 Å². The van der Waals surface area contributed by atoms with Crippen molar-refractivity contribution in [2.24, 2.45) is 5.73 Å². The Bertz CT molecular complexity index is 1050. The largest absolute Gasteiger partial charge is 0.366 e. The highest BCUT2D eigenvalue weighted by Gasteiger charge is 2.23. The van der Waals surface area contributed by atoms with E-state index in [1.54, 1.807) is 4.90 Å². The number of rotatable bonds is 3. The smallest absolute Gasteiger partial charge is 0.273 e. The Morgan fingerprint density at radius 3 is 2.69 bits per heavy atom. The Labute approximate surface area is 150 Å². The van der Waals surface area contributed by atoms with E-state index in [1.165, 1.54) is 29.1 Å². The molecule has 5 heteroatoms. The summed E-state index contributed by atoms with van der Waals surface area (Å²) in [4.78, 5) is 29.9. The molecule has 0 spiro atoms. The van der Waals surface area contributed by atoms with Crippen molar-refractivity contribution in [2.45, 2.75) is 0 Å². The van der Waals surface area contributed by atoms with Gasteiger partial charge in [0.1, 0.15) is 5.69 Å². The lowest BCUT2D eigenvalue weighted by molar-refractivity contribution is 0.0796. The third-order valence-corrected chi connectivity index (χ3v) is 4.61. The van der Waals surface area contributed by atoms with Crippen molar-refractivity contribution in [2.75, 3.05) is 13.1 Å². The van der Waals surface area contributed by atoms with Crippen LogP contribution in [0.15, 0.2) is 66.9 Å². The van der Waals surface area contributed by atoms with E-state index in [-0.39, 0.29) is 17.2 Å². The zero-order valence-electron chi connectivity index (χ0n) is 14.1. The van der Waals surface area contributed by atoms with Gasteiger partial charge in [0, 0.05) is 24.8 Å². The van der Waals surface area contributed by atoms with Crippen molar-refractivity contribution in [1.82, 2.24) is 9.88 Å². The van der Waals surface area contributed by atoms with Crippen LogP contribution in [-0.4, -0.2) is 34.8 Å². The molecule has 0 saturated carbocycles. The lowest BCUT2D eigenvalue weighted by Gasteiger charge is -2.17. The number of hydrogen-bond acceptors (Lipinski definition) is 3. The lowest BCUT2D eigenvalue weighted by atomic mass is 9.99. The maximum atomic E-state index is 12.7. The first-order chi connectivity index (χ1) is 12.6. The van der Waals surface area contributed by atoms with Gasteiger partial charge in [0.2, 0.25) is 5.91 Å². The van der Waals surface area contributed by atoms with Crippen LogP contribution in [0.1, 0.15) is 26.4 Å². The number of nitrogens with zero attached hydrogens (tertiary/aromatic N) is 2. The van der Waals surface area contributed by atoms with Crippen LogP contribution in [0.5, 0.6) is 0 Å². The van der Waals surface area contributed by atoms with Gasteiger partial charge in [-0.3, -0.25) is 14.6 Å². The molecular formula is C21H17N3O2. The third-order valence-electron chi connectivity index (χ3n) is 4.61. The second-order valence-electron chi connectivity index (χ2n) is 6.24. The van der Waals surface area contributed by atoms with E-state index in [0.717, 1.165) is 11.1 Å². The molecule has 0 radical (unpaired) electrons. The number of primary amides is 1. The van der Waals surface area contributed by atoms with E-state index < -0.39 is 5.91 Å². The van der Waals surface area contributed by atoms with Gasteiger partial charge < -0.3 is 10.6 Å². The van der Waals surface area contributed by atoms with E-state index >= 15 is 0 Å². The molecule has 1 aromatic heterocycles. The van der Waals surface area contributed by atoms with Crippen LogP contribution >= 0.6 is 0 Å². The molecule has 26 heavy (non-hydrogen) atoms. The van der Waals surface area contributed by atoms with Gasteiger partial charge in [-0.25, -0.2) is 0 Å². The monoisotopic (exact) mass is 343 g/mol. The van der Waals surface area contributed by atoms with E-state index in [4.69, 9.17) is 5.73 Å². The van der Waals surface area contributed by atoms with Gasteiger partial charge >= 0.3 is 0 Å². The Morgan fingerprint density at radius 1 is 1.04 bits per heavy atom. The van der Waals surface area contributed by atoms with Crippen molar-refractivity contribution in [1.29, 1.82) is 0 Å². The molecule has 128 valence electrons. The average Bonchev–Trinajstić information content (AvgIpc) is 3.17. The molecule has 2 N–H and O–H groups in total. The van der Waals surface area contributed by atoms with Gasteiger partial charge in [0.05, 0.1) is 0 Å². The fraction of sp³-hybridized carbons (Fsp3) is 0.0952. The fourth-order valence-electron chi connectivity index (χ4n) is 3.27. The standard InChI is InChI=1S/C21H17N3O2/c22-20(25)15-8-10-23-19(12-15)21(26)24-11-9-16(13-24)18-7-3-5-14-4-1-2-6-17(14)18/h1-10,12H,11,13H2,(H2,22,25). The van der Waals surface area contributed by atoms with E-state index in [2.05, 4.69) is 35.3 Å². The minimum Gasteiger partial charge on any atom is -0.366 e. The molecular weight excluding hydrogens is 326 g/mol. The summed E-state index contributed by atoms with van der Waals surface area (Å²) >= 11 is 0. The zero-order chi connectivity index (χ0) is 18.1. The van der Waals surface area contributed by atoms with Crippen LogP contribution in [0.4, 0.5) is 0 Å². The van der Waals surface area contributed by atoms with Gasteiger partial charge in [-0.1, -0.05) is 48.5 Å². The summed E-state index contributed by atoms with van der Waals surface area (Å²) in [6, 6.07) is 17.3. The molecule has 2 heterocycles. The van der Waals surface area contributed by atoms with Crippen LogP contribution in [0, 0.1) is 0 Å². The number of pyridine rings is 1. The van der Waals surface area contributed by atoms with Crippen LogP contribution in [0.3, 0.4) is 0 Å². The van der Waals surface area contributed by atoms with E-state index in [9.17, 15) is 9.59 Å². The van der Waals surface area contributed by atoms with Crippen molar-refractivity contribution < 1.29 is 9.59 Å².